The Kier molecular flexibility index (Phi) is 4.98. The first kappa shape index (κ1) is 18.3. The molecule has 0 aliphatic carbocycles. The molecule has 0 fully saturated rings. The molecule has 1 amide bonds. The number of carbonyl (C=O) groups excluding carboxylic acids is 1. The van der Waals surface area contributed by atoms with Crippen LogP contribution < -0.4 is 10.9 Å². The molecule has 0 saturated heterocycles. The van der Waals surface area contributed by atoms with Crippen molar-refractivity contribution in [2.45, 2.75) is 6.54 Å². The molecule has 8 nitrogen and oxygen atoms in total. The minimum atomic E-state index is -0.222. The van der Waals surface area contributed by atoms with Gasteiger partial charge in [-0.1, -0.05) is 18.2 Å². The van der Waals surface area contributed by atoms with Crippen LogP contribution in [-0.2, 0) is 6.54 Å². The first-order valence-electron chi connectivity index (χ1n) is 8.98. The SMILES string of the molecule is CN(Cc1nc2ccccc2c(=O)[nH]1)C(=O)c1cccc(Nc2ncccn2)c1. The Bertz CT molecular complexity index is 1220. The van der Waals surface area contributed by atoms with Gasteiger partial charge in [0.2, 0.25) is 5.95 Å². The Morgan fingerprint density at radius 2 is 1.86 bits per heavy atom. The van der Waals surface area contributed by atoms with Crippen LogP contribution in [0, 0.1) is 0 Å². The lowest BCUT2D eigenvalue weighted by atomic mass is 10.1. The van der Waals surface area contributed by atoms with Crippen molar-refractivity contribution in [2.24, 2.45) is 0 Å². The molecule has 2 N–H and O–H groups in total. The molecule has 2 heterocycles. The van der Waals surface area contributed by atoms with Crippen LogP contribution in [0.5, 0.6) is 0 Å². The summed E-state index contributed by atoms with van der Waals surface area (Å²) in [7, 11) is 1.66. The van der Waals surface area contributed by atoms with Crippen LogP contribution in [-0.4, -0.2) is 37.8 Å². The molecule has 29 heavy (non-hydrogen) atoms. The van der Waals surface area contributed by atoms with E-state index in [4.69, 9.17) is 0 Å². The third kappa shape index (κ3) is 4.11. The number of para-hydroxylation sites is 1. The highest BCUT2D eigenvalue weighted by molar-refractivity contribution is 5.95. The zero-order valence-corrected chi connectivity index (χ0v) is 15.7. The number of H-pyrrole nitrogens is 1. The van der Waals surface area contributed by atoms with E-state index in [0.717, 1.165) is 0 Å². The molecule has 0 saturated carbocycles. The average molecular weight is 386 g/mol. The molecule has 4 rings (SSSR count). The van der Waals surface area contributed by atoms with E-state index in [-0.39, 0.29) is 18.0 Å². The first-order chi connectivity index (χ1) is 14.1. The van der Waals surface area contributed by atoms with Gasteiger partial charge in [0.25, 0.3) is 11.5 Å². The molecular formula is C21H18N6O2. The quantitative estimate of drug-likeness (QED) is 0.547. The third-order valence-corrected chi connectivity index (χ3v) is 4.33. The summed E-state index contributed by atoms with van der Waals surface area (Å²) < 4.78 is 0. The highest BCUT2D eigenvalue weighted by Crippen LogP contribution is 2.16. The van der Waals surface area contributed by atoms with Gasteiger partial charge in [-0.2, -0.15) is 0 Å². The molecule has 0 spiro atoms. The van der Waals surface area contributed by atoms with Crippen LogP contribution in [0.15, 0.2) is 71.8 Å². The van der Waals surface area contributed by atoms with E-state index in [9.17, 15) is 9.59 Å². The van der Waals surface area contributed by atoms with Crippen LogP contribution in [0.4, 0.5) is 11.6 Å². The molecular weight excluding hydrogens is 368 g/mol. The van der Waals surface area contributed by atoms with E-state index in [2.05, 4.69) is 25.3 Å². The topological polar surface area (TPSA) is 104 Å². The first-order valence-corrected chi connectivity index (χ1v) is 8.98. The van der Waals surface area contributed by atoms with Gasteiger partial charge in [-0.15, -0.1) is 0 Å². The van der Waals surface area contributed by atoms with E-state index < -0.39 is 0 Å². The monoisotopic (exact) mass is 386 g/mol. The van der Waals surface area contributed by atoms with Crippen molar-refractivity contribution in [1.82, 2.24) is 24.8 Å². The standard InChI is InChI=1S/C21H18N6O2/c1-27(13-18-25-17-9-3-2-8-16(17)19(28)26-18)20(29)14-6-4-7-15(12-14)24-21-22-10-5-11-23-21/h2-12H,13H2,1H3,(H,22,23,24)(H,25,26,28). The fourth-order valence-corrected chi connectivity index (χ4v) is 2.95. The van der Waals surface area contributed by atoms with E-state index in [1.54, 1.807) is 61.9 Å². The highest BCUT2D eigenvalue weighted by Gasteiger charge is 2.14. The summed E-state index contributed by atoms with van der Waals surface area (Å²) in [6.07, 6.45) is 3.27. The van der Waals surface area contributed by atoms with E-state index in [0.29, 0.717) is 33.9 Å². The summed E-state index contributed by atoms with van der Waals surface area (Å²) in [4.78, 5) is 42.0. The smallest absolute Gasteiger partial charge is 0.258 e. The Balaban J connectivity index is 1.52. The number of carbonyl (C=O) groups is 1. The van der Waals surface area contributed by atoms with Gasteiger partial charge in [0.05, 0.1) is 17.4 Å². The maximum Gasteiger partial charge on any atom is 0.258 e. The largest absolute Gasteiger partial charge is 0.334 e. The van der Waals surface area contributed by atoms with Crippen LogP contribution >= 0.6 is 0 Å². The van der Waals surface area contributed by atoms with Crippen LogP contribution in [0.1, 0.15) is 16.2 Å². The van der Waals surface area contributed by atoms with Crippen molar-refractivity contribution in [2.75, 3.05) is 12.4 Å². The number of nitrogens with zero attached hydrogens (tertiary/aromatic N) is 4. The number of benzene rings is 2. The maximum atomic E-state index is 12.8. The molecule has 2 aromatic heterocycles. The summed E-state index contributed by atoms with van der Waals surface area (Å²) in [5.74, 6) is 0.679. The molecule has 0 bridgehead atoms. The number of amides is 1. The van der Waals surface area contributed by atoms with E-state index in [1.165, 1.54) is 4.90 Å². The number of hydrogen-bond donors (Lipinski definition) is 2. The second-order valence-corrected chi connectivity index (χ2v) is 6.47. The summed E-state index contributed by atoms with van der Waals surface area (Å²) in [5, 5.41) is 3.58. The van der Waals surface area contributed by atoms with Crippen molar-refractivity contribution in [3.63, 3.8) is 0 Å². The predicted octanol–water partition coefficient (Wildman–Crippen LogP) is 2.73. The molecule has 0 aliphatic rings. The zero-order valence-electron chi connectivity index (χ0n) is 15.7. The normalized spacial score (nSPS) is 10.7. The lowest BCUT2D eigenvalue weighted by Crippen LogP contribution is -2.28. The minimum absolute atomic E-state index is 0.179. The lowest BCUT2D eigenvalue weighted by molar-refractivity contribution is 0.0781. The maximum absolute atomic E-state index is 12.8. The Morgan fingerprint density at radius 3 is 2.69 bits per heavy atom. The molecule has 0 aliphatic heterocycles. The number of fused-ring (bicyclic) bond motifs is 1. The molecule has 0 atom stereocenters. The van der Waals surface area contributed by atoms with Crippen molar-refractivity contribution in [3.8, 4) is 0 Å². The summed E-state index contributed by atoms with van der Waals surface area (Å²) in [6.45, 7) is 0.179. The summed E-state index contributed by atoms with van der Waals surface area (Å²) in [6, 6.07) is 15.9. The second-order valence-electron chi connectivity index (χ2n) is 6.47. The van der Waals surface area contributed by atoms with Crippen LogP contribution in [0.3, 0.4) is 0 Å². The number of aromatic amines is 1. The molecule has 2 aromatic carbocycles. The number of hydrogen-bond acceptors (Lipinski definition) is 6. The highest BCUT2D eigenvalue weighted by atomic mass is 16.2. The molecule has 144 valence electrons. The van der Waals surface area contributed by atoms with E-state index in [1.807, 2.05) is 12.1 Å². The van der Waals surface area contributed by atoms with Gasteiger partial charge < -0.3 is 15.2 Å². The van der Waals surface area contributed by atoms with Gasteiger partial charge >= 0.3 is 0 Å². The van der Waals surface area contributed by atoms with Crippen LogP contribution in [0.25, 0.3) is 10.9 Å². The van der Waals surface area contributed by atoms with Crippen molar-refractivity contribution < 1.29 is 4.79 Å². The minimum Gasteiger partial charge on any atom is -0.334 e. The number of anilines is 2. The summed E-state index contributed by atoms with van der Waals surface area (Å²) >= 11 is 0. The molecule has 8 heteroatoms. The van der Waals surface area contributed by atoms with Gasteiger partial charge in [-0.25, -0.2) is 15.0 Å². The third-order valence-electron chi connectivity index (χ3n) is 4.33. The Hall–Kier alpha value is -4.07. The average Bonchev–Trinajstić information content (AvgIpc) is 2.74. The van der Waals surface area contributed by atoms with Crippen molar-refractivity contribution in [1.29, 1.82) is 0 Å². The Morgan fingerprint density at radius 1 is 1.07 bits per heavy atom. The van der Waals surface area contributed by atoms with Crippen LogP contribution in [0.2, 0.25) is 0 Å². The van der Waals surface area contributed by atoms with Gasteiger partial charge in [0.15, 0.2) is 0 Å². The molecule has 4 aromatic rings. The predicted molar refractivity (Wildman–Crippen MR) is 110 cm³/mol. The number of rotatable bonds is 5. The van der Waals surface area contributed by atoms with Gasteiger partial charge in [-0.05, 0) is 36.4 Å². The molecule has 0 radical (unpaired) electrons. The second kappa shape index (κ2) is 7.89. The van der Waals surface area contributed by atoms with Gasteiger partial charge in [0, 0.05) is 30.7 Å². The number of nitrogens with one attached hydrogen (secondary N) is 2. The Labute approximate surface area is 166 Å². The molecule has 0 unspecified atom stereocenters. The summed E-state index contributed by atoms with van der Waals surface area (Å²) in [5.41, 5.74) is 1.57. The van der Waals surface area contributed by atoms with Gasteiger partial charge in [0.1, 0.15) is 5.82 Å². The fourth-order valence-electron chi connectivity index (χ4n) is 2.95. The zero-order chi connectivity index (χ0) is 20.2. The van der Waals surface area contributed by atoms with Crippen molar-refractivity contribution >= 4 is 28.4 Å². The lowest BCUT2D eigenvalue weighted by Gasteiger charge is -2.17. The number of aromatic nitrogens is 4. The fraction of sp³-hybridized carbons (Fsp3) is 0.0952. The van der Waals surface area contributed by atoms with Crippen molar-refractivity contribution in [3.05, 3.63) is 88.7 Å². The van der Waals surface area contributed by atoms with E-state index >= 15 is 0 Å². The van der Waals surface area contributed by atoms with Gasteiger partial charge in [-0.3, -0.25) is 9.59 Å².